The third kappa shape index (κ3) is 2.83. The predicted octanol–water partition coefficient (Wildman–Crippen LogP) is -0.826. The number of carbonyl (C=O) groups excluding carboxylic acids is 1. The van der Waals surface area contributed by atoms with Crippen molar-refractivity contribution in [3.05, 3.63) is 0 Å². The highest BCUT2D eigenvalue weighted by Crippen LogP contribution is 2.19. The highest BCUT2D eigenvalue weighted by molar-refractivity contribution is 5.82. The second-order valence-electron chi connectivity index (χ2n) is 3.59. The van der Waals surface area contributed by atoms with E-state index in [0.29, 0.717) is 0 Å². The summed E-state index contributed by atoms with van der Waals surface area (Å²) in [6.07, 6.45) is -8.61. The molecule has 1 aliphatic heterocycles. The van der Waals surface area contributed by atoms with Gasteiger partial charge in [0.2, 0.25) is 0 Å². The number of hydrogen-bond acceptors (Lipinski definition) is 4. The number of halogens is 3. The monoisotopic (exact) mass is 243 g/mol. The third-order valence-electron chi connectivity index (χ3n) is 2.35. The number of carbonyl (C=O) groups is 1. The molecule has 16 heavy (non-hydrogen) atoms. The Morgan fingerprint density at radius 3 is 2.50 bits per heavy atom. The van der Waals surface area contributed by atoms with Gasteiger partial charge in [-0.3, -0.25) is 4.79 Å². The second kappa shape index (κ2) is 4.56. The lowest BCUT2D eigenvalue weighted by Crippen LogP contribution is -2.61. The van der Waals surface area contributed by atoms with E-state index in [1.54, 1.807) is 5.32 Å². The minimum absolute atomic E-state index is 0.180. The van der Waals surface area contributed by atoms with Crippen molar-refractivity contribution in [3.63, 3.8) is 0 Å². The smallest absolute Gasteiger partial charge is 0.388 e. The molecule has 4 atom stereocenters. The van der Waals surface area contributed by atoms with Crippen LogP contribution in [-0.4, -0.2) is 53.3 Å². The number of hydrogen-bond donors (Lipinski definition) is 3. The van der Waals surface area contributed by atoms with Gasteiger partial charge in [0.25, 0.3) is 0 Å². The molecule has 4 unspecified atom stereocenters. The molecule has 1 amide bonds. The van der Waals surface area contributed by atoms with E-state index in [1.807, 2.05) is 0 Å². The number of aliphatic hydroxyl groups is 2. The fraction of sp³-hybridized carbons (Fsp3) is 0.875. The maximum absolute atomic E-state index is 12.0. The topological polar surface area (TPSA) is 78.8 Å². The molecule has 1 aliphatic rings. The van der Waals surface area contributed by atoms with Gasteiger partial charge in [-0.1, -0.05) is 0 Å². The Kier molecular flexibility index (Phi) is 3.76. The molecule has 1 saturated heterocycles. The number of ether oxygens (including phenoxy) is 1. The number of nitrogens with one attached hydrogen (secondary N) is 1. The zero-order valence-corrected chi connectivity index (χ0v) is 8.36. The van der Waals surface area contributed by atoms with Gasteiger partial charge in [0.05, 0.1) is 18.8 Å². The van der Waals surface area contributed by atoms with Gasteiger partial charge in [0.15, 0.2) is 0 Å². The largest absolute Gasteiger partial charge is 0.471 e. The van der Waals surface area contributed by atoms with Gasteiger partial charge < -0.3 is 20.3 Å². The first kappa shape index (κ1) is 13.2. The quantitative estimate of drug-likeness (QED) is 0.562. The van der Waals surface area contributed by atoms with Crippen LogP contribution in [-0.2, 0) is 9.53 Å². The Hall–Kier alpha value is -0.860. The minimum atomic E-state index is -5.03. The summed E-state index contributed by atoms with van der Waals surface area (Å²) in [5, 5.41) is 20.2. The van der Waals surface area contributed by atoms with Crippen LogP contribution in [0.3, 0.4) is 0 Å². The van der Waals surface area contributed by atoms with E-state index in [4.69, 9.17) is 4.74 Å². The van der Waals surface area contributed by atoms with Gasteiger partial charge >= 0.3 is 12.1 Å². The second-order valence-corrected chi connectivity index (χ2v) is 3.59. The van der Waals surface area contributed by atoms with Crippen molar-refractivity contribution in [2.45, 2.75) is 37.5 Å². The molecule has 5 nitrogen and oxygen atoms in total. The zero-order chi connectivity index (χ0) is 12.5. The van der Waals surface area contributed by atoms with Crippen LogP contribution < -0.4 is 5.32 Å². The summed E-state index contributed by atoms with van der Waals surface area (Å²) >= 11 is 0. The number of amides is 1. The summed E-state index contributed by atoms with van der Waals surface area (Å²) in [4.78, 5) is 10.6. The van der Waals surface area contributed by atoms with Crippen LogP contribution in [0.15, 0.2) is 0 Å². The first-order chi connectivity index (χ1) is 7.23. The van der Waals surface area contributed by atoms with Crippen molar-refractivity contribution in [1.29, 1.82) is 0 Å². The summed E-state index contributed by atoms with van der Waals surface area (Å²) in [6.45, 7) is 1.22. The Balaban J connectivity index is 2.67. The Morgan fingerprint density at radius 2 is 2.00 bits per heavy atom. The van der Waals surface area contributed by atoms with Gasteiger partial charge in [0.1, 0.15) is 12.2 Å². The van der Waals surface area contributed by atoms with Gasteiger partial charge in [-0.25, -0.2) is 0 Å². The zero-order valence-electron chi connectivity index (χ0n) is 8.36. The molecule has 1 rings (SSSR count). The molecule has 0 saturated carbocycles. The lowest BCUT2D eigenvalue weighted by Gasteiger charge is -2.37. The Morgan fingerprint density at radius 1 is 1.44 bits per heavy atom. The standard InChI is InChI=1S/C8H12F3NO4/c1-3-5(6(14)4(13)2-16-3)12-7(15)8(9,10)11/h3-6,13-14H,2H2,1H3,(H,12,15). The van der Waals surface area contributed by atoms with Gasteiger partial charge in [0, 0.05) is 0 Å². The van der Waals surface area contributed by atoms with Crippen LogP contribution in [0.5, 0.6) is 0 Å². The molecule has 1 fully saturated rings. The fourth-order valence-corrected chi connectivity index (χ4v) is 1.41. The van der Waals surface area contributed by atoms with E-state index in [9.17, 15) is 28.2 Å². The molecule has 0 aliphatic carbocycles. The van der Waals surface area contributed by atoms with Crippen molar-refractivity contribution in [2.75, 3.05) is 6.61 Å². The molecule has 0 aromatic rings. The lowest BCUT2D eigenvalue weighted by atomic mass is 9.98. The van der Waals surface area contributed by atoms with Crippen LogP contribution in [0.25, 0.3) is 0 Å². The van der Waals surface area contributed by atoms with Crippen LogP contribution in [0, 0.1) is 0 Å². The first-order valence-corrected chi connectivity index (χ1v) is 4.59. The van der Waals surface area contributed by atoms with Crippen molar-refractivity contribution in [3.8, 4) is 0 Å². The van der Waals surface area contributed by atoms with Gasteiger partial charge in [-0.2, -0.15) is 13.2 Å². The molecular weight excluding hydrogens is 231 g/mol. The average Bonchev–Trinajstić information content (AvgIpc) is 2.17. The molecule has 0 aromatic heterocycles. The van der Waals surface area contributed by atoms with Crippen LogP contribution in [0.1, 0.15) is 6.92 Å². The molecule has 0 radical (unpaired) electrons. The van der Waals surface area contributed by atoms with Gasteiger partial charge in [-0.05, 0) is 6.92 Å². The molecule has 8 heteroatoms. The van der Waals surface area contributed by atoms with Crippen molar-refractivity contribution in [2.24, 2.45) is 0 Å². The summed E-state index contributed by atoms with van der Waals surface area (Å²) < 4.78 is 40.8. The van der Waals surface area contributed by atoms with E-state index in [2.05, 4.69) is 0 Å². The van der Waals surface area contributed by atoms with E-state index in [1.165, 1.54) is 6.92 Å². The maximum atomic E-state index is 12.0. The van der Waals surface area contributed by atoms with Crippen LogP contribution in [0.4, 0.5) is 13.2 Å². The maximum Gasteiger partial charge on any atom is 0.471 e. The number of aliphatic hydroxyl groups excluding tert-OH is 2. The molecule has 94 valence electrons. The Bertz CT molecular complexity index is 270. The van der Waals surface area contributed by atoms with E-state index in [-0.39, 0.29) is 6.61 Å². The lowest BCUT2D eigenvalue weighted by molar-refractivity contribution is -0.182. The summed E-state index contributed by atoms with van der Waals surface area (Å²) in [7, 11) is 0. The summed E-state index contributed by atoms with van der Waals surface area (Å²) in [5.74, 6) is -2.17. The van der Waals surface area contributed by atoms with Gasteiger partial charge in [-0.15, -0.1) is 0 Å². The van der Waals surface area contributed by atoms with E-state index in [0.717, 1.165) is 0 Å². The van der Waals surface area contributed by atoms with Crippen LogP contribution in [0.2, 0.25) is 0 Å². The summed E-state index contributed by atoms with van der Waals surface area (Å²) in [6, 6.07) is -1.28. The number of alkyl halides is 3. The average molecular weight is 243 g/mol. The predicted molar refractivity (Wildman–Crippen MR) is 45.4 cm³/mol. The van der Waals surface area contributed by atoms with Crippen LogP contribution >= 0.6 is 0 Å². The fourth-order valence-electron chi connectivity index (χ4n) is 1.41. The molecule has 0 spiro atoms. The molecule has 1 heterocycles. The van der Waals surface area contributed by atoms with E-state index >= 15 is 0 Å². The number of rotatable bonds is 1. The molecular formula is C8H12F3NO4. The molecule has 3 N–H and O–H groups in total. The highest BCUT2D eigenvalue weighted by Gasteiger charge is 2.44. The third-order valence-corrected chi connectivity index (χ3v) is 2.35. The highest BCUT2D eigenvalue weighted by atomic mass is 19.4. The van der Waals surface area contributed by atoms with Crippen molar-refractivity contribution < 1.29 is 32.9 Å². The Labute approximate surface area is 89.2 Å². The normalized spacial score (nSPS) is 35.9. The van der Waals surface area contributed by atoms with Crippen molar-refractivity contribution >= 4 is 5.91 Å². The minimum Gasteiger partial charge on any atom is -0.388 e. The summed E-state index contributed by atoms with van der Waals surface area (Å²) in [5.41, 5.74) is 0. The first-order valence-electron chi connectivity index (χ1n) is 4.59. The molecule has 0 bridgehead atoms. The SMILES string of the molecule is CC1OCC(O)C(O)C1NC(=O)C(F)(F)F. The molecule has 0 aromatic carbocycles. The van der Waals surface area contributed by atoms with Crippen molar-refractivity contribution in [1.82, 2.24) is 5.32 Å². The van der Waals surface area contributed by atoms with E-state index < -0.39 is 36.4 Å².